The molecule has 6 nitrogen and oxygen atoms in total. The van der Waals surface area contributed by atoms with Crippen molar-refractivity contribution < 1.29 is 19.5 Å². The lowest BCUT2D eigenvalue weighted by Crippen LogP contribution is -2.23. The molecule has 1 aromatic carbocycles. The quantitative estimate of drug-likeness (QED) is 0.587. The lowest BCUT2D eigenvalue weighted by Gasteiger charge is -2.12. The van der Waals surface area contributed by atoms with Crippen LogP contribution in [0.25, 0.3) is 0 Å². The Morgan fingerprint density at radius 1 is 1.36 bits per heavy atom. The number of nitro benzene ring substituents is 1. The standard InChI is InChI=1S/C14H14ClNO5S/c15-10-3-4-13(16(18)19)14(6-10)21-8-11(17)7-20-9-12-2-1-5-22-12/h1-6,11,17H,7-9H2. The van der Waals surface area contributed by atoms with E-state index in [-0.39, 0.29) is 24.7 Å². The van der Waals surface area contributed by atoms with Crippen molar-refractivity contribution in [2.45, 2.75) is 12.7 Å². The molecular formula is C14H14ClNO5S. The number of hydrogen-bond acceptors (Lipinski definition) is 6. The Hall–Kier alpha value is -1.67. The molecule has 1 heterocycles. The number of ether oxygens (including phenoxy) is 2. The number of aliphatic hydroxyl groups excluding tert-OH is 1. The molecule has 22 heavy (non-hydrogen) atoms. The molecule has 0 saturated heterocycles. The lowest BCUT2D eigenvalue weighted by molar-refractivity contribution is -0.385. The first kappa shape index (κ1) is 16.7. The summed E-state index contributed by atoms with van der Waals surface area (Å²) in [5, 5.41) is 22.9. The maximum Gasteiger partial charge on any atom is 0.311 e. The van der Waals surface area contributed by atoms with Gasteiger partial charge in [0.2, 0.25) is 0 Å². The van der Waals surface area contributed by atoms with Gasteiger partial charge in [-0.3, -0.25) is 10.1 Å². The highest BCUT2D eigenvalue weighted by atomic mass is 35.5. The van der Waals surface area contributed by atoms with Crippen LogP contribution in [0.4, 0.5) is 5.69 Å². The van der Waals surface area contributed by atoms with E-state index in [1.54, 1.807) is 11.3 Å². The smallest absolute Gasteiger partial charge is 0.311 e. The van der Waals surface area contributed by atoms with E-state index >= 15 is 0 Å². The highest BCUT2D eigenvalue weighted by Crippen LogP contribution is 2.29. The fourth-order valence-electron chi connectivity index (χ4n) is 1.68. The third-order valence-corrected chi connectivity index (χ3v) is 3.77. The molecule has 1 N–H and O–H groups in total. The Balaban J connectivity index is 1.81. The van der Waals surface area contributed by atoms with Gasteiger partial charge in [0.1, 0.15) is 12.7 Å². The average molecular weight is 344 g/mol. The van der Waals surface area contributed by atoms with Crippen molar-refractivity contribution in [3.05, 3.63) is 55.7 Å². The number of thiophene rings is 1. The molecule has 2 aromatic rings. The van der Waals surface area contributed by atoms with Crippen molar-refractivity contribution in [3.63, 3.8) is 0 Å². The first-order chi connectivity index (χ1) is 10.6. The summed E-state index contributed by atoms with van der Waals surface area (Å²) in [7, 11) is 0. The van der Waals surface area contributed by atoms with Gasteiger partial charge < -0.3 is 14.6 Å². The third-order valence-electron chi connectivity index (χ3n) is 2.68. The number of halogens is 1. The molecule has 0 aliphatic carbocycles. The first-order valence-corrected chi connectivity index (χ1v) is 7.67. The number of aliphatic hydroxyl groups is 1. The first-order valence-electron chi connectivity index (χ1n) is 6.41. The average Bonchev–Trinajstić information content (AvgIpc) is 2.98. The topological polar surface area (TPSA) is 81.8 Å². The van der Waals surface area contributed by atoms with Crippen LogP contribution >= 0.6 is 22.9 Å². The predicted molar refractivity (Wildman–Crippen MR) is 83.6 cm³/mol. The van der Waals surface area contributed by atoms with Gasteiger partial charge in [-0.25, -0.2) is 0 Å². The summed E-state index contributed by atoms with van der Waals surface area (Å²) in [6.45, 7) is 0.365. The highest BCUT2D eigenvalue weighted by Gasteiger charge is 2.17. The van der Waals surface area contributed by atoms with Crippen LogP contribution < -0.4 is 4.74 Å². The number of hydrogen-bond donors (Lipinski definition) is 1. The number of benzene rings is 1. The summed E-state index contributed by atoms with van der Waals surface area (Å²) in [6.07, 6.45) is -0.890. The van der Waals surface area contributed by atoms with Crippen LogP contribution in [0.5, 0.6) is 5.75 Å². The summed E-state index contributed by atoms with van der Waals surface area (Å²) in [4.78, 5) is 11.4. The molecule has 1 aromatic heterocycles. The minimum Gasteiger partial charge on any atom is -0.484 e. The molecule has 0 aliphatic rings. The van der Waals surface area contributed by atoms with Crippen LogP contribution in [-0.4, -0.2) is 29.3 Å². The second kappa shape index (κ2) is 8.09. The predicted octanol–water partition coefficient (Wildman–Crippen LogP) is 3.27. The number of nitro groups is 1. The SMILES string of the molecule is O=[N+]([O-])c1ccc(Cl)cc1OCC(O)COCc1cccs1. The molecule has 0 aliphatic heterocycles. The van der Waals surface area contributed by atoms with Crippen LogP contribution in [0.3, 0.4) is 0 Å². The second-order valence-electron chi connectivity index (χ2n) is 4.43. The van der Waals surface area contributed by atoms with Crippen molar-refractivity contribution in [1.29, 1.82) is 0 Å². The fraction of sp³-hybridized carbons (Fsp3) is 0.286. The van der Waals surface area contributed by atoms with Gasteiger partial charge in [-0.15, -0.1) is 11.3 Å². The zero-order chi connectivity index (χ0) is 15.9. The Kier molecular flexibility index (Phi) is 6.14. The molecule has 0 amide bonds. The number of rotatable bonds is 8. The van der Waals surface area contributed by atoms with E-state index in [4.69, 9.17) is 21.1 Å². The molecule has 1 unspecified atom stereocenters. The Labute approximate surface area is 136 Å². The van der Waals surface area contributed by atoms with E-state index in [0.29, 0.717) is 11.6 Å². The minimum atomic E-state index is -0.890. The number of nitrogens with zero attached hydrogens (tertiary/aromatic N) is 1. The Morgan fingerprint density at radius 3 is 2.86 bits per heavy atom. The third kappa shape index (κ3) is 4.96. The monoisotopic (exact) mass is 343 g/mol. The largest absolute Gasteiger partial charge is 0.484 e. The van der Waals surface area contributed by atoms with Crippen molar-refractivity contribution in [3.8, 4) is 5.75 Å². The van der Waals surface area contributed by atoms with Gasteiger partial charge in [0.05, 0.1) is 18.1 Å². The molecule has 0 bridgehead atoms. The minimum absolute atomic E-state index is 0.0230. The molecule has 0 fully saturated rings. The van der Waals surface area contributed by atoms with E-state index in [9.17, 15) is 15.2 Å². The molecule has 2 rings (SSSR count). The molecule has 1 atom stereocenters. The Bertz CT molecular complexity index is 620. The zero-order valence-electron chi connectivity index (χ0n) is 11.5. The van der Waals surface area contributed by atoms with E-state index in [1.807, 2.05) is 17.5 Å². The molecule has 8 heteroatoms. The summed E-state index contributed by atoms with van der Waals surface area (Å²) < 4.78 is 10.6. The van der Waals surface area contributed by atoms with E-state index in [2.05, 4.69) is 0 Å². The van der Waals surface area contributed by atoms with Crippen LogP contribution in [0, 0.1) is 10.1 Å². The van der Waals surface area contributed by atoms with Crippen LogP contribution in [-0.2, 0) is 11.3 Å². The van der Waals surface area contributed by atoms with Crippen molar-refractivity contribution >= 4 is 28.6 Å². The van der Waals surface area contributed by atoms with Crippen LogP contribution in [0.2, 0.25) is 5.02 Å². The van der Waals surface area contributed by atoms with Gasteiger partial charge in [-0.1, -0.05) is 17.7 Å². The van der Waals surface area contributed by atoms with Gasteiger partial charge >= 0.3 is 5.69 Å². The molecule has 0 saturated carbocycles. The maximum absolute atomic E-state index is 10.9. The lowest BCUT2D eigenvalue weighted by atomic mass is 10.3. The summed E-state index contributed by atoms with van der Waals surface area (Å²) in [5.74, 6) is 0.0230. The maximum atomic E-state index is 10.9. The van der Waals surface area contributed by atoms with E-state index in [0.717, 1.165) is 4.88 Å². The second-order valence-corrected chi connectivity index (χ2v) is 5.90. The summed E-state index contributed by atoms with van der Waals surface area (Å²) >= 11 is 7.35. The van der Waals surface area contributed by atoms with Gasteiger partial charge in [0, 0.05) is 22.0 Å². The fourth-order valence-corrected chi connectivity index (χ4v) is 2.48. The van der Waals surface area contributed by atoms with Gasteiger partial charge in [0.25, 0.3) is 0 Å². The van der Waals surface area contributed by atoms with Crippen LogP contribution in [0.15, 0.2) is 35.7 Å². The van der Waals surface area contributed by atoms with Crippen LogP contribution in [0.1, 0.15) is 4.88 Å². The molecule has 0 spiro atoms. The molecule has 118 valence electrons. The molecule has 0 radical (unpaired) electrons. The highest BCUT2D eigenvalue weighted by molar-refractivity contribution is 7.09. The molecular weight excluding hydrogens is 330 g/mol. The summed E-state index contributed by atoms with van der Waals surface area (Å²) in [6, 6.07) is 7.87. The summed E-state index contributed by atoms with van der Waals surface area (Å²) in [5.41, 5.74) is -0.198. The van der Waals surface area contributed by atoms with Crippen molar-refractivity contribution in [2.75, 3.05) is 13.2 Å². The van der Waals surface area contributed by atoms with Gasteiger partial charge in [-0.05, 0) is 17.5 Å². The Morgan fingerprint density at radius 2 is 2.18 bits per heavy atom. The van der Waals surface area contributed by atoms with Crippen molar-refractivity contribution in [1.82, 2.24) is 0 Å². The van der Waals surface area contributed by atoms with Gasteiger partial charge in [0.15, 0.2) is 5.75 Å². The normalized spacial score (nSPS) is 12.1. The van der Waals surface area contributed by atoms with Gasteiger partial charge in [-0.2, -0.15) is 0 Å². The van der Waals surface area contributed by atoms with Crippen molar-refractivity contribution in [2.24, 2.45) is 0 Å². The van der Waals surface area contributed by atoms with E-state index in [1.165, 1.54) is 18.2 Å². The zero-order valence-corrected chi connectivity index (χ0v) is 13.0. The van der Waals surface area contributed by atoms with E-state index < -0.39 is 11.0 Å².